The van der Waals surface area contributed by atoms with Crippen molar-refractivity contribution in [2.45, 2.75) is 69.6 Å². The number of aromatic nitrogens is 3. The smallest absolute Gasteiger partial charge is 0.258 e. The largest absolute Gasteiger partial charge is 0.390 e. The standard InChI is InChI=1S/C23H32N6O2/c1-23(31)7-2-16(3-8-23)28-11-6-18-19(13-26-21(24)20(18)22(28)30)15-12-27-29(14-15)17-4-9-25-10-5-17/h12-14,16-17,25,31H,2-11H2,1H3,(H2,24,26). The van der Waals surface area contributed by atoms with Gasteiger partial charge in [0, 0.05) is 36.1 Å². The number of pyridine rings is 1. The summed E-state index contributed by atoms with van der Waals surface area (Å²) in [6.07, 6.45) is 11.7. The lowest BCUT2D eigenvalue weighted by Crippen LogP contribution is -2.48. The number of nitrogens with one attached hydrogen (secondary N) is 1. The van der Waals surface area contributed by atoms with Crippen LogP contribution in [-0.2, 0) is 6.42 Å². The predicted molar refractivity (Wildman–Crippen MR) is 119 cm³/mol. The molecule has 1 aliphatic carbocycles. The fraction of sp³-hybridized carbons (Fsp3) is 0.609. The van der Waals surface area contributed by atoms with Crippen LogP contribution in [0.3, 0.4) is 0 Å². The molecule has 5 rings (SSSR count). The van der Waals surface area contributed by atoms with Gasteiger partial charge in [0.05, 0.1) is 23.4 Å². The third kappa shape index (κ3) is 3.83. The molecule has 2 fully saturated rings. The summed E-state index contributed by atoms with van der Waals surface area (Å²) in [5, 5.41) is 18.3. The van der Waals surface area contributed by atoms with Crippen LogP contribution in [0.4, 0.5) is 5.82 Å². The Bertz CT molecular complexity index is 968. The third-order valence-corrected chi connectivity index (χ3v) is 7.36. The molecular formula is C23H32N6O2. The Labute approximate surface area is 182 Å². The number of nitrogens with two attached hydrogens (primary N) is 1. The molecular weight excluding hydrogens is 392 g/mol. The Morgan fingerprint density at radius 3 is 2.65 bits per heavy atom. The quantitative estimate of drug-likeness (QED) is 0.697. The zero-order valence-corrected chi connectivity index (χ0v) is 18.2. The molecule has 0 unspecified atom stereocenters. The Kier molecular flexibility index (Phi) is 5.22. The van der Waals surface area contributed by atoms with Crippen LogP contribution in [0, 0.1) is 0 Å². The Morgan fingerprint density at radius 2 is 1.90 bits per heavy atom. The lowest BCUT2D eigenvalue weighted by Gasteiger charge is -2.41. The van der Waals surface area contributed by atoms with E-state index < -0.39 is 5.60 Å². The minimum Gasteiger partial charge on any atom is -0.390 e. The fourth-order valence-electron chi connectivity index (χ4n) is 5.42. The fourth-order valence-corrected chi connectivity index (χ4v) is 5.42. The molecule has 2 aromatic rings. The zero-order chi connectivity index (χ0) is 21.6. The number of rotatable bonds is 3. The van der Waals surface area contributed by atoms with Gasteiger partial charge in [-0.15, -0.1) is 0 Å². The van der Waals surface area contributed by atoms with Crippen molar-refractivity contribution in [1.82, 2.24) is 25.0 Å². The van der Waals surface area contributed by atoms with Gasteiger partial charge in [-0.25, -0.2) is 4.98 Å². The molecule has 2 aliphatic heterocycles. The zero-order valence-electron chi connectivity index (χ0n) is 18.2. The number of carbonyl (C=O) groups is 1. The van der Waals surface area contributed by atoms with Gasteiger partial charge in [-0.3, -0.25) is 9.48 Å². The first-order valence-corrected chi connectivity index (χ1v) is 11.5. The summed E-state index contributed by atoms with van der Waals surface area (Å²) in [7, 11) is 0. The van der Waals surface area contributed by atoms with E-state index in [2.05, 4.69) is 26.3 Å². The molecule has 0 aromatic carbocycles. The highest BCUT2D eigenvalue weighted by Gasteiger charge is 2.37. The van der Waals surface area contributed by atoms with E-state index in [1.54, 1.807) is 6.20 Å². The number of nitrogens with zero attached hydrogens (tertiary/aromatic N) is 4. The molecule has 0 bridgehead atoms. The van der Waals surface area contributed by atoms with E-state index in [0.717, 1.165) is 74.7 Å². The first kappa shape index (κ1) is 20.5. The molecule has 1 saturated heterocycles. The topological polar surface area (TPSA) is 109 Å². The first-order chi connectivity index (χ1) is 14.9. The van der Waals surface area contributed by atoms with Crippen molar-refractivity contribution in [2.75, 3.05) is 25.4 Å². The minimum atomic E-state index is -0.616. The van der Waals surface area contributed by atoms with Crippen molar-refractivity contribution in [3.05, 3.63) is 29.7 Å². The van der Waals surface area contributed by atoms with Crippen LogP contribution in [0.15, 0.2) is 18.6 Å². The van der Waals surface area contributed by atoms with Gasteiger partial charge in [0.1, 0.15) is 5.82 Å². The Balaban J connectivity index is 1.42. The highest BCUT2D eigenvalue weighted by atomic mass is 16.3. The summed E-state index contributed by atoms with van der Waals surface area (Å²) in [4.78, 5) is 19.8. The number of hydrogen-bond acceptors (Lipinski definition) is 6. The number of carbonyl (C=O) groups excluding carboxylic acids is 1. The van der Waals surface area contributed by atoms with E-state index in [-0.39, 0.29) is 11.9 Å². The molecule has 4 N–H and O–H groups in total. The van der Waals surface area contributed by atoms with E-state index in [1.807, 2.05) is 18.0 Å². The van der Waals surface area contributed by atoms with Crippen LogP contribution in [0.25, 0.3) is 11.1 Å². The number of piperidine rings is 1. The number of anilines is 1. The molecule has 1 saturated carbocycles. The van der Waals surface area contributed by atoms with E-state index in [9.17, 15) is 9.90 Å². The first-order valence-electron chi connectivity index (χ1n) is 11.5. The van der Waals surface area contributed by atoms with Crippen LogP contribution in [0.5, 0.6) is 0 Å². The van der Waals surface area contributed by atoms with Crippen molar-refractivity contribution >= 4 is 11.7 Å². The van der Waals surface area contributed by atoms with Crippen LogP contribution >= 0.6 is 0 Å². The lowest BCUT2D eigenvalue weighted by atomic mass is 9.82. The lowest BCUT2D eigenvalue weighted by molar-refractivity contribution is -0.00423. The van der Waals surface area contributed by atoms with Crippen molar-refractivity contribution in [2.24, 2.45) is 0 Å². The maximum absolute atomic E-state index is 13.4. The van der Waals surface area contributed by atoms with E-state index in [1.165, 1.54) is 0 Å². The number of fused-ring (bicyclic) bond motifs is 1. The molecule has 1 amide bonds. The van der Waals surface area contributed by atoms with Crippen molar-refractivity contribution in [3.8, 4) is 11.1 Å². The molecule has 0 atom stereocenters. The van der Waals surface area contributed by atoms with E-state index in [4.69, 9.17) is 5.73 Å². The van der Waals surface area contributed by atoms with Crippen molar-refractivity contribution < 1.29 is 9.90 Å². The van der Waals surface area contributed by atoms with Crippen LogP contribution in [0.1, 0.15) is 67.4 Å². The van der Waals surface area contributed by atoms with Crippen LogP contribution in [-0.4, -0.2) is 62.0 Å². The number of nitrogen functional groups attached to an aromatic ring is 1. The van der Waals surface area contributed by atoms with Gasteiger partial charge in [-0.05, 0) is 70.5 Å². The van der Waals surface area contributed by atoms with Gasteiger partial charge >= 0.3 is 0 Å². The van der Waals surface area contributed by atoms with E-state index >= 15 is 0 Å². The maximum atomic E-state index is 13.4. The minimum absolute atomic E-state index is 0.0228. The van der Waals surface area contributed by atoms with Crippen molar-refractivity contribution in [1.29, 1.82) is 0 Å². The van der Waals surface area contributed by atoms with Gasteiger partial charge in [-0.2, -0.15) is 5.10 Å². The molecule has 2 aromatic heterocycles. The Morgan fingerprint density at radius 1 is 1.16 bits per heavy atom. The third-order valence-electron chi connectivity index (χ3n) is 7.36. The normalized spacial score (nSPS) is 27.4. The second-order valence-electron chi connectivity index (χ2n) is 9.58. The predicted octanol–water partition coefficient (Wildman–Crippen LogP) is 2.14. The Hall–Kier alpha value is -2.45. The highest BCUT2D eigenvalue weighted by molar-refractivity contribution is 6.02. The molecule has 8 nitrogen and oxygen atoms in total. The molecule has 31 heavy (non-hydrogen) atoms. The summed E-state index contributed by atoms with van der Waals surface area (Å²) >= 11 is 0. The average molecular weight is 425 g/mol. The second-order valence-corrected chi connectivity index (χ2v) is 9.58. The van der Waals surface area contributed by atoms with Crippen molar-refractivity contribution in [3.63, 3.8) is 0 Å². The van der Waals surface area contributed by atoms with Gasteiger partial charge in [0.15, 0.2) is 0 Å². The molecule has 8 heteroatoms. The monoisotopic (exact) mass is 424 g/mol. The van der Waals surface area contributed by atoms with Crippen LogP contribution < -0.4 is 11.1 Å². The number of aliphatic hydroxyl groups is 1. The maximum Gasteiger partial charge on any atom is 0.258 e. The van der Waals surface area contributed by atoms with Gasteiger partial charge < -0.3 is 21.1 Å². The molecule has 0 radical (unpaired) electrons. The summed E-state index contributed by atoms with van der Waals surface area (Å²) in [6.45, 7) is 4.59. The number of amides is 1. The van der Waals surface area contributed by atoms with Gasteiger partial charge in [0.2, 0.25) is 0 Å². The highest BCUT2D eigenvalue weighted by Crippen LogP contribution is 2.37. The molecule has 0 spiro atoms. The SMILES string of the molecule is CC1(O)CCC(N2CCc3c(-c4cnn(C5CCNCC5)c4)cnc(N)c3C2=O)CC1. The van der Waals surface area contributed by atoms with Crippen LogP contribution in [0.2, 0.25) is 0 Å². The van der Waals surface area contributed by atoms with E-state index in [0.29, 0.717) is 24.0 Å². The molecule has 4 heterocycles. The molecule has 3 aliphatic rings. The summed E-state index contributed by atoms with van der Waals surface area (Å²) in [5.41, 5.74) is 9.09. The summed E-state index contributed by atoms with van der Waals surface area (Å²) < 4.78 is 2.06. The number of hydrogen-bond donors (Lipinski definition) is 3. The molecule has 166 valence electrons. The summed E-state index contributed by atoms with van der Waals surface area (Å²) in [5.74, 6) is 0.285. The second kappa shape index (κ2) is 7.91. The van der Waals surface area contributed by atoms with Gasteiger partial charge in [-0.1, -0.05) is 0 Å². The van der Waals surface area contributed by atoms with Gasteiger partial charge in [0.25, 0.3) is 5.91 Å². The summed E-state index contributed by atoms with van der Waals surface area (Å²) in [6, 6.07) is 0.569. The average Bonchev–Trinajstić information content (AvgIpc) is 3.25.